The van der Waals surface area contributed by atoms with E-state index in [1.807, 2.05) is 43.9 Å². The Balaban J connectivity index is 1.66. The molecule has 27 heavy (non-hydrogen) atoms. The van der Waals surface area contributed by atoms with Crippen LogP contribution in [0.2, 0.25) is 0 Å². The minimum atomic E-state index is -0.194. The second-order valence-corrected chi connectivity index (χ2v) is 8.07. The summed E-state index contributed by atoms with van der Waals surface area (Å²) in [5.41, 5.74) is 1.58. The molecule has 0 atom stereocenters. The molecule has 0 saturated carbocycles. The highest BCUT2D eigenvalue weighted by molar-refractivity contribution is 5.76. The lowest BCUT2D eigenvalue weighted by Crippen LogP contribution is -2.50. The van der Waals surface area contributed by atoms with Gasteiger partial charge in [-0.25, -0.2) is 4.98 Å². The Labute approximate surface area is 160 Å². The van der Waals surface area contributed by atoms with Gasteiger partial charge in [-0.05, 0) is 19.1 Å². The van der Waals surface area contributed by atoms with E-state index in [2.05, 4.69) is 22.0 Å². The zero-order chi connectivity index (χ0) is 19.6. The molecule has 1 aliphatic heterocycles. The van der Waals surface area contributed by atoms with Crippen LogP contribution in [0.1, 0.15) is 32.3 Å². The van der Waals surface area contributed by atoms with Gasteiger partial charge in [-0.3, -0.25) is 14.2 Å². The van der Waals surface area contributed by atoms with Gasteiger partial charge in [0.25, 0.3) is 5.56 Å². The van der Waals surface area contributed by atoms with E-state index in [1.165, 1.54) is 10.3 Å². The van der Waals surface area contributed by atoms with E-state index in [1.54, 1.807) is 13.0 Å². The van der Waals surface area contributed by atoms with E-state index in [4.69, 9.17) is 0 Å². The molecule has 3 rings (SSSR count). The quantitative estimate of drug-likeness (QED) is 0.833. The van der Waals surface area contributed by atoms with Crippen molar-refractivity contribution in [2.45, 2.75) is 39.7 Å². The van der Waals surface area contributed by atoms with Crippen molar-refractivity contribution < 1.29 is 4.79 Å². The second kappa shape index (κ2) is 7.55. The number of rotatable bonds is 3. The maximum atomic E-state index is 12.7. The normalized spacial score (nSPS) is 15.1. The number of benzene rings is 1. The largest absolute Gasteiger partial charge is 0.368 e. The van der Waals surface area contributed by atoms with Crippen molar-refractivity contribution in [3.63, 3.8) is 0 Å². The highest BCUT2D eigenvalue weighted by Crippen LogP contribution is 2.19. The predicted octanol–water partition coefficient (Wildman–Crippen LogP) is 2.20. The predicted molar refractivity (Wildman–Crippen MR) is 107 cm³/mol. The number of aromatic nitrogens is 2. The third-order valence-corrected chi connectivity index (χ3v) is 5.01. The number of para-hydroxylation sites is 1. The Hall–Kier alpha value is -2.63. The first-order valence-corrected chi connectivity index (χ1v) is 9.42. The van der Waals surface area contributed by atoms with Gasteiger partial charge >= 0.3 is 0 Å². The van der Waals surface area contributed by atoms with Gasteiger partial charge in [-0.2, -0.15) is 0 Å². The zero-order valence-corrected chi connectivity index (χ0v) is 16.6. The van der Waals surface area contributed by atoms with Crippen molar-refractivity contribution in [2.75, 3.05) is 31.1 Å². The highest BCUT2D eigenvalue weighted by atomic mass is 16.2. The van der Waals surface area contributed by atoms with Crippen molar-refractivity contribution in [3.8, 4) is 0 Å². The van der Waals surface area contributed by atoms with E-state index in [-0.39, 0.29) is 23.4 Å². The molecule has 2 heterocycles. The first-order valence-electron chi connectivity index (χ1n) is 9.42. The molecule has 0 radical (unpaired) electrons. The highest BCUT2D eigenvalue weighted by Gasteiger charge is 2.23. The Bertz CT molecular complexity index is 860. The molecule has 0 unspecified atom stereocenters. The number of carbonyl (C=O) groups is 1. The lowest BCUT2D eigenvalue weighted by molar-refractivity contribution is -0.132. The van der Waals surface area contributed by atoms with E-state index < -0.39 is 0 Å². The van der Waals surface area contributed by atoms with Crippen LogP contribution < -0.4 is 10.5 Å². The maximum absolute atomic E-state index is 12.7. The fourth-order valence-electron chi connectivity index (χ4n) is 3.29. The van der Waals surface area contributed by atoms with Gasteiger partial charge in [0, 0.05) is 43.3 Å². The molecule has 0 aliphatic carbocycles. The molecule has 1 aliphatic rings. The summed E-state index contributed by atoms with van der Waals surface area (Å²) in [4.78, 5) is 33.9. The monoisotopic (exact) mass is 368 g/mol. The Morgan fingerprint density at radius 2 is 1.70 bits per heavy atom. The minimum Gasteiger partial charge on any atom is -0.368 e. The van der Waals surface area contributed by atoms with Crippen molar-refractivity contribution in [1.29, 1.82) is 0 Å². The van der Waals surface area contributed by atoms with Crippen LogP contribution in [0.3, 0.4) is 0 Å². The fraction of sp³-hybridized carbons (Fsp3) is 0.476. The number of anilines is 1. The molecule has 1 fully saturated rings. The van der Waals surface area contributed by atoms with Crippen molar-refractivity contribution in [1.82, 2.24) is 14.5 Å². The first kappa shape index (κ1) is 19.1. The Morgan fingerprint density at radius 3 is 2.26 bits per heavy atom. The maximum Gasteiger partial charge on any atom is 0.254 e. The summed E-state index contributed by atoms with van der Waals surface area (Å²) in [5.74, 6) is 0.557. The Kier molecular flexibility index (Phi) is 5.35. The molecule has 1 aromatic carbocycles. The lowest BCUT2D eigenvalue weighted by Gasteiger charge is -2.36. The smallest absolute Gasteiger partial charge is 0.254 e. The van der Waals surface area contributed by atoms with Gasteiger partial charge in [0.2, 0.25) is 5.91 Å². The van der Waals surface area contributed by atoms with Crippen LogP contribution in [0, 0.1) is 6.92 Å². The van der Waals surface area contributed by atoms with Crippen molar-refractivity contribution in [2.24, 2.45) is 0 Å². The van der Waals surface area contributed by atoms with Crippen molar-refractivity contribution in [3.05, 3.63) is 58.3 Å². The van der Waals surface area contributed by atoms with Crippen LogP contribution >= 0.6 is 0 Å². The molecule has 6 heteroatoms. The number of hydrogen-bond donors (Lipinski definition) is 0. The van der Waals surface area contributed by atoms with E-state index in [9.17, 15) is 9.59 Å². The lowest BCUT2D eigenvalue weighted by atomic mass is 9.92. The van der Waals surface area contributed by atoms with Gasteiger partial charge < -0.3 is 9.80 Å². The zero-order valence-electron chi connectivity index (χ0n) is 16.6. The standard InChI is InChI=1S/C21H28N4O2/c1-16-22-18(21(2,3)4)14-19(26)25(16)15-20(27)24-12-10-23(11-13-24)17-8-6-5-7-9-17/h5-9,14H,10-13,15H2,1-4H3. The Morgan fingerprint density at radius 1 is 1.07 bits per heavy atom. The third-order valence-electron chi connectivity index (χ3n) is 5.01. The topological polar surface area (TPSA) is 58.4 Å². The summed E-state index contributed by atoms with van der Waals surface area (Å²) in [6.07, 6.45) is 0. The van der Waals surface area contributed by atoms with Gasteiger partial charge in [0.05, 0.1) is 5.69 Å². The molecule has 0 bridgehead atoms. The summed E-state index contributed by atoms with van der Waals surface area (Å²) < 4.78 is 1.47. The number of nitrogens with zero attached hydrogens (tertiary/aromatic N) is 4. The van der Waals surface area contributed by atoms with Gasteiger partial charge in [-0.1, -0.05) is 39.0 Å². The summed E-state index contributed by atoms with van der Waals surface area (Å²) in [5, 5.41) is 0. The average Bonchev–Trinajstić information content (AvgIpc) is 2.64. The molecule has 0 N–H and O–H groups in total. The summed E-state index contributed by atoms with van der Waals surface area (Å²) >= 11 is 0. The van der Waals surface area contributed by atoms with Crippen LogP contribution in [0.4, 0.5) is 5.69 Å². The molecule has 1 saturated heterocycles. The summed E-state index contributed by atoms with van der Waals surface area (Å²) in [6.45, 7) is 10.8. The van der Waals surface area contributed by atoms with Gasteiger partial charge in [0.15, 0.2) is 0 Å². The van der Waals surface area contributed by atoms with Crippen LogP contribution in [0.15, 0.2) is 41.2 Å². The van der Waals surface area contributed by atoms with Crippen LogP contribution in [-0.2, 0) is 16.8 Å². The van der Waals surface area contributed by atoms with Crippen molar-refractivity contribution >= 4 is 11.6 Å². The summed E-state index contributed by atoms with van der Waals surface area (Å²) in [7, 11) is 0. The van der Waals surface area contributed by atoms with Gasteiger partial charge in [-0.15, -0.1) is 0 Å². The molecule has 2 aromatic rings. The molecule has 0 spiro atoms. The number of carbonyl (C=O) groups excluding carboxylic acids is 1. The second-order valence-electron chi connectivity index (χ2n) is 8.07. The van der Waals surface area contributed by atoms with Gasteiger partial charge in [0.1, 0.15) is 12.4 Å². The molecule has 6 nitrogen and oxygen atoms in total. The van der Waals surface area contributed by atoms with Crippen LogP contribution in [0.25, 0.3) is 0 Å². The fourth-order valence-corrected chi connectivity index (χ4v) is 3.29. The molecule has 1 amide bonds. The summed E-state index contributed by atoms with van der Waals surface area (Å²) in [6, 6.07) is 11.8. The molecule has 1 aromatic heterocycles. The van der Waals surface area contributed by atoms with Crippen LogP contribution in [-0.4, -0.2) is 46.5 Å². The number of piperazine rings is 1. The number of hydrogen-bond acceptors (Lipinski definition) is 4. The third kappa shape index (κ3) is 4.38. The average molecular weight is 368 g/mol. The van der Waals surface area contributed by atoms with E-state index in [0.717, 1.165) is 18.8 Å². The first-order chi connectivity index (χ1) is 12.8. The number of aryl methyl sites for hydroxylation is 1. The minimum absolute atomic E-state index is 0.0294. The van der Waals surface area contributed by atoms with Crippen LogP contribution in [0.5, 0.6) is 0 Å². The van der Waals surface area contributed by atoms with E-state index in [0.29, 0.717) is 18.9 Å². The molecular weight excluding hydrogens is 340 g/mol. The van der Waals surface area contributed by atoms with E-state index >= 15 is 0 Å². The molecular formula is C21H28N4O2. The number of amides is 1. The SMILES string of the molecule is Cc1nc(C(C)(C)C)cc(=O)n1CC(=O)N1CCN(c2ccccc2)CC1. The molecule has 144 valence electrons.